The summed E-state index contributed by atoms with van der Waals surface area (Å²) in [7, 11) is 0. The Labute approximate surface area is 50.1 Å². The molecule has 1 N–H and O–H groups in total. The number of rotatable bonds is 0. The number of hydrogen-bond acceptors (Lipinski definition) is 4. The Morgan fingerprint density at radius 1 is 1.86 bits per heavy atom. The zero-order valence-corrected chi connectivity index (χ0v) is 4.83. The predicted molar refractivity (Wildman–Crippen MR) is 32.5 cm³/mol. The van der Waals surface area contributed by atoms with Gasteiger partial charge in [0.05, 0.1) is 12.1 Å². The van der Waals surface area contributed by atoms with Crippen LogP contribution >= 0.6 is 23.7 Å². The second kappa shape index (κ2) is 2.18. The molecule has 7 heavy (non-hydrogen) atoms. The van der Waals surface area contributed by atoms with Gasteiger partial charge in [-0.15, -0.1) is 0 Å². The Bertz CT molecular complexity index is 120. The molecular formula is C2H2ClN3S. The molecular weight excluding hydrogens is 134 g/mol. The third kappa shape index (κ3) is 1.36. The summed E-state index contributed by atoms with van der Waals surface area (Å²) in [5, 5.41) is 0.375. The zero-order chi connectivity index (χ0) is 5.11. The van der Waals surface area contributed by atoms with Crippen LogP contribution in [0, 0.1) is 0 Å². The average Bonchev–Trinajstić information content (AvgIpc) is 1.69. The molecule has 0 aromatic heterocycles. The Morgan fingerprint density at radius 2 is 2.71 bits per heavy atom. The fraction of sp³-hybridized carbons (Fsp3) is 0. The van der Waals surface area contributed by atoms with Crippen LogP contribution < -0.4 is 4.72 Å². The van der Waals surface area contributed by atoms with E-state index >= 15 is 0 Å². The lowest BCUT2D eigenvalue weighted by Gasteiger charge is -1.97. The summed E-state index contributed by atoms with van der Waals surface area (Å²) < 4.78 is 6.25. The number of nitrogens with one attached hydrogen (secondary N) is 1. The SMILES string of the molecule is ClC1=NC=NSN1. The Kier molecular flexibility index (Phi) is 1.54. The van der Waals surface area contributed by atoms with Gasteiger partial charge in [-0.3, -0.25) is 4.72 Å². The number of aliphatic imine (C=N–C) groups is 1. The van der Waals surface area contributed by atoms with E-state index in [2.05, 4.69) is 14.1 Å². The quantitative estimate of drug-likeness (QED) is 0.394. The maximum atomic E-state index is 5.34. The van der Waals surface area contributed by atoms with Crippen LogP contribution in [0.2, 0.25) is 0 Å². The molecule has 0 spiro atoms. The molecule has 0 saturated carbocycles. The summed E-state index contributed by atoms with van der Waals surface area (Å²) in [6.45, 7) is 0. The third-order valence-electron chi connectivity index (χ3n) is 0.401. The van der Waals surface area contributed by atoms with Gasteiger partial charge in [-0.25, -0.2) is 4.99 Å². The minimum atomic E-state index is 0.375. The molecule has 0 fully saturated rings. The van der Waals surface area contributed by atoms with Crippen LogP contribution in [0.1, 0.15) is 0 Å². The van der Waals surface area contributed by atoms with Gasteiger partial charge in [0.15, 0.2) is 0 Å². The molecule has 0 amide bonds. The Morgan fingerprint density at radius 3 is 3.00 bits per heavy atom. The fourth-order valence-electron chi connectivity index (χ4n) is 0.188. The standard InChI is InChI=1S/C2H2ClN3S/c3-2-4-1-5-7-6-2/h1H,(H,4,5,6). The fourth-order valence-corrected chi connectivity index (χ4v) is 0.610. The number of amidine groups is 1. The first-order chi connectivity index (χ1) is 3.39. The maximum Gasteiger partial charge on any atom is 0.208 e. The van der Waals surface area contributed by atoms with Crippen LogP contribution in [0.4, 0.5) is 0 Å². The summed E-state index contributed by atoms with van der Waals surface area (Å²) in [4.78, 5) is 3.59. The van der Waals surface area contributed by atoms with Gasteiger partial charge < -0.3 is 0 Å². The molecule has 5 heteroatoms. The molecule has 0 radical (unpaired) electrons. The van der Waals surface area contributed by atoms with Gasteiger partial charge in [-0.05, 0) is 11.6 Å². The van der Waals surface area contributed by atoms with Crippen molar-refractivity contribution in [3.63, 3.8) is 0 Å². The molecule has 1 aliphatic heterocycles. The van der Waals surface area contributed by atoms with Gasteiger partial charge in [-0.2, -0.15) is 4.40 Å². The molecule has 0 saturated heterocycles. The lowest BCUT2D eigenvalue weighted by molar-refractivity contribution is 1.50. The Balaban J connectivity index is 2.57. The van der Waals surface area contributed by atoms with E-state index in [-0.39, 0.29) is 0 Å². The van der Waals surface area contributed by atoms with E-state index in [9.17, 15) is 0 Å². The van der Waals surface area contributed by atoms with Crippen molar-refractivity contribution in [2.75, 3.05) is 0 Å². The molecule has 1 aliphatic rings. The highest BCUT2D eigenvalue weighted by molar-refractivity contribution is 7.97. The molecule has 0 aromatic carbocycles. The average molecular weight is 136 g/mol. The maximum absolute atomic E-state index is 5.34. The molecule has 1 heterocycles. The van der Waals surface area contributed by atoms with E-state index in [1.165, 1.54) is 6.34 Å². The smallest absolute Gasteiger partial charge is 0.208 e. The minimum absolute atomic E-state index is 0.375. The zero-order valence-electron chi connectivity index (χ0n) is 3.26. The first-order valence-corrected chi connectivity index (χ1v) is 2.72. The highest BCUT2D eigenvalue weighted by Crippen LogP contribution is 1.99. The molecule has 0 aliphatic carbocycles. The molecule has 1 rings (SSSR count). The van der Waals surface area contributed by atoms with Gasteiger partial charge in [0.25, 0.3) is 0 Å². The second-order valence-electron chi connectivity index (χ2n) is 0.834. The van der Waals surface area contributed by atoms with Crippen LogP contribution in [0.5, 0.6) is 0 Å². The van der Waals surface area contributed by atoms with Crippen LogP contribution in [-0.4, -0.2) is 11.6 Å². The highest BCUT2D eigenvalue weighted by atomic mass is 35.5. The van der Waals surface area contributed by atoms with Crippen molar-refractivity contribution >= 4 is 35.4 Å². The van der Waals surface area contributed by atoms with Crippen molar-refractivity contribution in [2.45, 2.75) is 0 Å². The van der Waals surface area contributed by atoms with E-state index in [0.29, 0.717) is 5.29 Å². The van der Waals surface area contributed by atoms with Gasteiger partial charge in [0.2, 0.25) is 5.29 Å². The lowest BCUT2D eigenvalue weighted by Crippen LogP contribution is -2.09. The highest BCUT2D eigenvalue weighted by Gasteiger charge is 1.92. The van der Waals surface area contributed by atoms with Gasteiger partial charge in [0, 0.05) is 0 Å². The number of hydrogen-bond donors (Lipinski definition) is 1. The lowest BCUT2D eigenvalue weighted by atomic mass is 11.2. The van der Waals surface area contributed by atoms with Crippen molar-refractivity contribution in [3.8, 4) is 0 Å². The van der Waals surface area contributed by atoms with Gasteiger partial charge in [-0.1, -0.05) is 0 Å². The minimum Gasteiger partial charge on any atom is -0.285 e. The summed E-state index contributed by atoms with van der Waals surface area (Å²) in [5.41, 5.74) is 0. The van der Waals surface area contributed by atoms with Crippen molar-refractivity contribution in [2.24, 2.45) is 9.39 Å². The monoisotopic (exact) mass is 135 g/mol. The Hall–Kier alpha value is -0.220. The summed E-state index contributed by atoms with van der Waals surface area (Å²) in [6.07, 6.45) is 1.39. The molecule has 0 bridgehead atoms. The number of nitrogens with zero attached hydrogens (tertiary/aromatic N) is 2. The van der Waals surface area contributed by atoms with Crippen molar-refractivity contribution in [1.29, 1.82) is 0 Å². The van der Waals surface area contributed by atoms with Crippen LogP contribution in [-0.2, 0) is 0 Å². The predicted octanol–water partition coefficient (Wildman–Crippen LogP) is 0.776. The van der Waals surface area contributed by atoms with E-state index in [4.69, 9.17) is 11.6 Å². The molecule has 3 nitrogen and oxygen atoms in total. The van der Waals surface area contributed by atoms with Crippen LogP contribution in [0.15, 0.2) is 9.39 Å². The second-order valence-corrected chi connectivity index (χ2v) is 1.79. The van der Waals surface area contributed by atoms with E-state index < -0.39 is 0 Å². The van der Waals surface area contributed by atoms with E-state index in [1.54, 1.807) is 0 Å². The van der Waals surface area contributed by atoms with Gasteiger partial charge >= 0.3 is 0 Å². The van der Waals surface area contributed by atoms with E-state index in [0.717, 1.165) is 12.1 Å². The first kappa shape index (κ1) is 4.93. The van der Waals surface area contributed by atoms with Crippen molar-refractivity contribution in [1.82, 2.24) is 4.72 Å². The van der Waals surface area contributed by atoms with Crippen molar-refractivity contribution in [3.05, 3.63) is 0 Å². The largest absolute Gasteiger partial charge is 0.285 e. The third-order valence-corrected chi connectivity index (χ3v) is 1.19. The van der Waals surface area contributed by atoms with Crippen molar-refractivity contribution < 1.29 is 0 Å². The molecule has 0 unspecified atom stereocenters. The first-order valence-electron chi connectivity index (χ1n) is 1.57. The normalized spacial score (nSPS) is 18.1. The molecule has 0 atom stereocenters. The summed E-state index contributed by atoms with van der Waals surface area (Å²) >= 11 is 6.50. The topological polar surface area (TPSA) is 36.8 Å². The van der Waals surface area contributed by atoms with Crippen LogP contribution in [0.3, 0.4) is 0 Å². The van der Waals surface area contributed by atoms with E-state index in [1.807, 2.05) is 0 Å². The van der Waals surface area contributed by atoms with Gasteiger partial charge in [0.1, 0.15) is 6.34 Å². The summed E-state index contributed by atoms with van der Waals surface area (Å²) in [5.74, 6) is 0. The molecule has 0 aromatic rings. The number of halogens is 1. The van der Waals surface area contributed by atoms with Crippen LogP contribution in [0.25, 0.3) is 0 Å². The molecule has 38 valence electrons. The summed E-state index contributed by atoms with van der Waals surface area (Å²) in [6, 6.07) is 0.